The summed E-state index contributed by atoms with van der Waals surface area (Å²) in [5.41, 5.74) is 2.45. The molecule has 32 heavy (non-hydrogen) atoms. The minimum atomic E-state index is -0.283. The molecule has 9 heteroatoms. The quantitative estimate of drug-likeness (QED) is 0.462. The number of benzene rings is 1. The molecule has 0 spiro atoms. The highest BCUT2D eigenvalue weighted by Gasteiger charge is 2.14. The van der Waals surface area contributed by atoms with E-state index in [1.807, 2.05) is 12.1 Å². The first kappa shape index (κ1) is 23.3. The molecule has 0 unspecified atom stereocenters. The second-order valence-corrected chi connectivity index (χ2v) is 7.60. The number of nitrogens with zero attached hydrogens (tertiary/aromatic N) is 4. The molecular formula is C23H28FN5O3. The molecule has 0 saturated carbocycles. The van der Waals surface area contributed by atoms with Gasteiger partial charge in [-0.05, 0) is 43.5 Å². The van der Waals surface area contributed by atoms with Gasteiger partial charge in [-0.3, -0.25) is 14.7 Å². The molecule has 0 aliphatic heterocycles. The number of nitrogens with one attached hydrogen (secondary N) is 1. The van der Waals surface area contributed by atoms with E-state index in [0.29, 0.717) is 19.7 Å². The van der Waals surface area contributed by atoms with Crippen LogP contribution in [0, 0.1) is 5.82 Å². The van der Waals surface area contributed by atoms with E-state index in [1.54, 1.807) is 25.1 Å². The summed E-state index contributed by atoms with van der Waals surface area (Å²) in [5.74, 6) is -0.501. The van der Waals surface area contributed by atoms with Gasteiger partial charge in [0.05, 0.1) is 18.8 Å². The Labute approximate surface area is 186 Å². The fourth-order valence-corrected chi connectivity index (χ4v) is 3.32. The molecule has 0 aliphatic rings. The number of H-pyrrole nitrogens is 1. The molecule has 1 N–H and O–H groups in total. The van der Waals surface area contributed by atoms with Gasteiger partial charge in [0.2, 0.25) is 0 Å². The second kappa shape index (κ2) is 11.3. The van der Waals surface area contributed by atoms with E-state index in [1.165, 1.54) is 28.9 Å². The Morgan fingerprint density at radius 1 is 1.19 bits per heavy atom. The number of carbonyl (C=O) groups is 1. The second-order valence-electron chi connectivity index (χ2n) is 7.60. The molecule has 1 aromatic carbocycles. The van der Waals surface area contributed by atoms with Crippen molar-refractivity contribution < 1.29 is 13.9 Å². The molecule has 0 saturated heterocycles. The average molecular weight is 442 g/mol. The Morgan fingerprint density at radius 2 is 2.03 bits per heavy atom. The fraction of sp³-hybridized carbons (Fsp3) is 0.391. The first-order valence-corrected chi connectivity index (χ1v) is 10.6. The van der Waals surface area contributed by atoms with Gasteiger partial charge in [0.25, 0.3) is 11.5 Å². The van der Waals surface area contributed by atoms with Crippen molar-refractivity contribution in [2.75, 3.05) is 27.3 Å². The number of methoxy groups -OCH3 is 1. The molecular weight excluding hydrogens is 413 g/mol. The first-order chi connectivity index (χ1) is 15.5. The number of aromatic nitrogens is 4. The van der Waals surface area contributed by atoms with E-state index < -0.39 is 0 Å². The average Bonchev–Trinajstić information content (AvgIpc) is 3.26. The van der Waals surface area contributed by atoms with Crippen LogP contribution in [-0.2, 0) is 17.7 Å². The van der Waals surface area contributed by atoms with Crippen molar-refractivity contribution in [3.8, 4) is 11.3 Å². The SMILES string of the molecule is COCCn1nc(C(=O)N(C)CCCCCc2cc(-c3cccc(F)c3)n[nH]2)ccc1=O. The maximum absolute atomic E-state index is 13.4. The highest BCUT2D eigenvalue weighted by atomic mass is 19.1. The van der Waals surface area contributed by atoms with Crippen LogP contribution < -0.4 is 5.56 Å². The van der Waals surface area contributed by atoms with Crippen LogP contribution in [0.15, 0.2) is 47.3 Å². The summed E-state index contributed by atoms with van der Waals surface area (Å²) < 4.78 is 19.6. The Kier molecular flexibility index (Phi) is 8.27. The molecule has 1 amide bonds. The molecule has 2 aromatic heterocycles. The fourth-order valence-electron chi connectivity index (χ4n) is 3.32. The number of hydrogen-bond acceptors (Lipinski definition) is 5. The van der Waals surface area contributed by atoms with Crippen LogP contribution in [0.25, 0.3) is 11.3 Å². The lowest BCUT2D eigenvalue weighted by Gasteiger charge is -2.17. The number of aryl methyl sites for hydroxylation is 1. The van der Waals surface area contributed by atoms with Crippen LogP contribution in [0.2, 0.25) is 0 Å². The van der Waals surface area contributed by atoms with Crippen LogP contribution in [0.5, 0.6) is 0 Å². The normalized spacial score (nSPS) is 11.0. The van der Waals surface area contributed by atoms with Gasteiger partial charge < -0.3 is 9.64 Å². The number of unbranched alkanes of at least 4 members (excludes halogenated alkanes) is 2. The summed E-state index contributed by atoms with van der Waals surface area (Å²) in [6.07, 6.45) is 3.54. The molecule has 0 fully saturated rings. The number of ether oxygens (including phenoxy) is 1. The molecule has 8 nitrogen and oxygen atoms in total. The van der Waals surface area contributed by atoms with Crippen molar-refractivity contribution in [2.45, 2.75) is 32.2 Å². The number of halogens is 1. The maximum Gasteiger partial charge on any atom is 0.274 e. The molecule has 3 rings (SSSR count). The van der Waals surface area contributed by atoms with Gasteiger partial charge in [-0.15, -0.1) is 0 Å². The van der Waals surface area contributed by atoms with E-state index >= 15 is 0 Å². The topological polar surface area (TPSA) is 93.1 Å². The molecule has 0 atom stereocenters. The third kappa shape index (κ3) is 6.34. The van der Waals surface area contributed by atoms with E-state index in [4.69, 9.17) is 4.74 Å². The van der Waals surface area contributed by atoms with E-state index in [0.717, 1.165) is 42.6 Å². The van der Waals surface area contributed by atoms with Gasteiger partial charge in [0.1, 0.15) is 11.5 Å². The summed E-state index contributed by atoms with van der Waals surface area (Å²) in [5, 5.41) is 11.4. The Bertz CT molecular complexity index is 1090. The van der Waals surface area contributed by atoms with Crippen LogP contribution >= 0.6 is 0 Å². The van der Waals surface area contributed by atoms with Crippen molar-refractivity contribution in [1.29, 1.82) is 0 Å². The van der Waals surface area contributed by atoms with Crippen molar-refractivity contribution in [1.82, 2.24) is 24.9 Å². The largest absolute Gasteiger partial charge is 0.383 e. The van der Waals surface area contributed by atoms with Crippen LogP contribution in [-0.4, -0.2) is 58.1 Å². The monoisotopic (exact) mass is 441 g/mol. The van der Waals surface area contributed by atoms with Crippen molar-refractivity contribution in [3.05, 3.63) is 70.0 Å². The number of amides is 1. The summed E-state index contributed by atoms with van der Waals surface area (Å²) in [6.45, 7) is 1.24. The summed E-state index contributed by atoms with van der Waals surface area (Å²) >= 11 is 0. The zero-order valence-electron chi connectivity index (χ0n) is 18.4. The zero-order chi connectivity index (χ0) is 22.9. The molecule has 0 bridgehead atoms. The van der Waals surface area contributed by atoms with Gasteiger partial charge in [-0.25, -0.2) is 9.07 Å². The van der Waals surface area contributed by atoms with Crippen molar-refractivity contribution >= 4 is 5.91 Å². The van der Waals surface area contributed by atoms with E-state index in [9.17, 15) is 14.0 Å². The lowest BCUT2D eigenvalue weighted by Crippen LogP contribution is -2.32. The lowest BCUT2D eigenvalue weighted by molar-refractivity contribution is 0.0783. The predicted octanol–water partition coefficient (Wildman–Crippen LogP) is 2.90. The molecule has 0 aliphatic carbocycles. The van der Waals surface area contributed by atoms with Gasteiger partial charge in [-0.2, -0.15) is 10.2 Å². The maximum atomic E-state index is 13.4. The summed E-state index contributed by atoms with van der Waals surface area (Å²) in [4.78, 5) is 26.0. The number of carbonyl (C=O) groups excluding carboxylic acids is 1. The van der Waals surface area contributed by atoms with Gasteiger partial charge >= 0.3 is 0 Å². The smallest absolute Gasteiger partial charge is 0.274 e. The van der Waals surface area contributed by atoms with Crippen molar-refractivity contribution in [3.63, 3.8) is 0 Å². The Hall–Kier alpha value is -3.33. The van der Waals surface area contributed by atoms with E-state index in [2.05, 4.69) is 15.3 Å². The number of hydrogen-bond donors (Lipinski definition) is 1. The zero-order valence-corrected chi connectivity index (χ0v) is 18.4. The van der Waals surface area contributed by atoms with Crippen molar-refractivity contribution in [2.24, 2.45) is 0 Å². The first-order valence-electron chi connectivity index (χ1n) is 10.6. The summed E-state index contributed by atoms with van der Waals surface area (Å²) in [6, 6.07) is 11.1. The van der Waals surface area contributed by atoms with Crippen LogP contribution in [0.1, 0.15) is 35.4 Å². The molecule has 2 heterocycles. The number of aromatic amines is 1. The highest BCUT2D eigenvalue weighted by Crippen LogP contribution is 2.19. The summed E-state index contributed by atoms with van der Waals surface area (Å²) in [7, 11) is 3.28. The standard InChI is InChI=1S/C23H28FN5O3/c1-28(23(31)20-10-11-22(30)29(27-20)13-14-32-2)12-5-3-4-9-19-16-21(26-25-19)17-7-6-8-18(24)15-17/h6-8,10-11,15-16H,3-5,9,12-14H2,1-2H3,(H,25,26). The predicted molar refractivity (Wildman–Crippen MR) is 119 cm³/mol. The van der Waals surface area contributed by atoms with Crippen LogP contribution in [0.4, 0.5) is 4.39 Å². The molecule has 0 radical (unpaired) electrons. The minimum absolute atomic E-state index is 0.218. The third-order valence-electron chi connectivity index (χ3n) is 5.13. The van der Waals surface area contributed by atoms with Gasteiger partial charge in [0.15, 0.2) is 0 Å². The molecule has 3 aromatic rings. The molecule has 170 valence electrons. The third-order valence-corrected chi connectivity index (χ3v) is 5.13. The lowest BCUT2D eigenvalue weighted by atomic mass is 10.1. The van der Waals surface area contributed by atoms with Gasteiger partial charge in [0, 0.05) is 38.0 Å². The highest BCUT2D eigenvalue weighted by molar-refractivity contribution is 5.91. The van der Waals surface area contributed by atoms with Crippen LogP contribution in [0.3, 0.4) is 0 Å². The van der Waals surface area contributed by atoms with Gasteiger partial charge in [-0.1, -0.05) is 18.6 Å². The Balaban J connectivity index is 1.43. The van der Waals surface area contributed by atoms with E-state index in [-0.39, 0.29) is 23.0 Å². The Morgan fingerprint density at radius 3 is 2.81 bits per heavy atom. The minimum Gasteiger partial charge on any atom is -0.383 e. The number of rotatable bonds is 11.